The molecule has 0 bridgehead atoms. The zero-order valence-electron chi connectivity index (χ0n) is 13.2. The maximum Gasteiger partial charge on any atom is 0.255 e. The van der Waals surface area contributed by atoms with Crippen molar-refractivity contribution in [1.82, 2.24) is 0 Å². The summed E-state index contributed by atoms with van der Waals surface area (Å²) in [5.74, 6) is 0.392. The molecule has 0 saturated carbocycles. The van der Waals surface area contributed by atoms with E-state index in [4.69, 9.17) is 0 Å². The van der Waals surface area contributed by atoms with E-state index in [-0.39, 0.29) is 5.91 Å². The number of rotatable bonds is 4. The van der Waals surface area contributed by atoms with Gasteiger partial charge in [0.05, 0.1) is 0 Å². The van der Waals surface area contributed by atoms with Crippen LogP contribution >= 0.6 is 0 Å². The molecule has 2 aromatic rings. The van der Waals surface area contributed by atoms with Crippen LogP contribution in [-0.4, -0.2) is 5.91 Å². The molecular formula is C19H23NO. The van der Waals surface area contributed by atoms with Gasteiger partial charge in [-0.1, -0.05) is 49.7 Å². The Kier molecular flexibility index (Phi) is 4.79. The van der Waals surface area contributed by atoms with Gasteiger partial charge < -0.3 is 5.32 Å². The number of para-hydroxylation sites is 1. The second kappa shape index (κ2) is 6.57. The molecule has 0 aromatic heterocycles. The second-order valence-electron chi connectivity index (χ2n) is 5.67. The molecule has 1 atom stereocenters. The molecule has 0 spiro atoms. The highest BCUT2D eigenvalue weighted by atomic mass is 16.1. The van der Waals surface area contributed by atoms with Crippen LogP contribution in [0, 0.1) is 13.8 Å². The molecule has 0 saturated heterocycles. The monoisotopic (exact) mass is 281 g/mol. The largest absolute Gasteiger partial charge is 0.322 e. The number of carbonyl (C=O) groups excluding carboxylic acids is 1. The van der Waals surface area contributed by atoms with Gasteiger partial charge in [-0.05, 0) is 49.4 Å². The van der Waals surface area contributed by atoms with Crippen molar-refractivity contribution in [3.63, 3.8) is 0 Å². The topological polar surface area (TPSA) is 29.1 Å². The molecule has 0 radical (unpaired) electrons. The molecule has 0 aliphatic rings. The van der Waals surface area contributed by atoms with Gasteiger partial charge in [-0.15, -0.1) is 0 Å². The quantitative estimate of drug-likeness (QED) is 0.833. The molecule has 0 fully saturated rings. The summed E-state index contributed by atoms with van der Waals surface area (Å²) in [6.45, 7) is 8.35. The number of anilines is 1. The van der Waals surface area contributed by atoms with Gasteiger partial charge in [0, 0.05) is 11.3 Å². The van der Waals surface area contributed by atoms with E-state index in [2.05, 4.69) is 25.2 Å². The Morgan fingerprint density at radius 3 is 2.52 bits per heavy atom. The minimum Gasteiger partial charge on any atom is -0.322 e. The highest BCUT2D eigenvalue weighted by Crippen LogP contribution is 2.27. The fourth-order valence-electron chi connectivity index (χ4n) is 2.52. The third-order valence-electron chi connectivity index (χ3n) is 3.98. The van der Waals surface area contributed by atoms with Crippen LogP contribution < -0.4 is 5.32 Å². The van der Waals surface area contributed by atoms with E-state index in [1.54, 1.807) is 0 Å². The normalized spacial score (nSPS) is 12.0. The average Bonchev–Trinajstić information content (AvgIpc) is 2.46. The van der Waals surface area contributed by atoms with Gasteiger partial charge in [0.15, 0.2) is 0 Å². The van der Waals surface area contributed by atoms with E-state index in [9.17, 15) is 4.79 Å². The lowest BCUT2D eigenvalue weighted by Gasteiger charge is -2.16. The first-order valence-electron chi connectivity index (χ1n) is 7.50. The molecule has 2 heteroatoms. The maximum absolute atomic E-state index is 12.5. The lowest BCUT2D eigenvalue weighted by atomic mass is 9.96. The van der Waals surface area contributed by atoms with Crippen LogP contribution in [0.3, 0.4) is 0 Å². The van der Waals surface area contributed by atoms with E-state index >= 15 is 0 Å². The zero-order valence-corrected chi connectivity index (χ0v) is 13.2. The number of nitrogens with one attached hydrogen (secondary N) is 1. The summed E-state index contributed by atoms with van der Waals surface area (Å²) in [6.07, 6.45) is 1.05. The molecule has 0 heterocycles. The second-order valence-corrected chi connectivity index (χ2v) is 5.67. The SMILES string of the molecule is CC[C@@H](C)c1ccccc1NC(=O)c1ccc(C)cc1C. The van der Waals surface area contributed by atoms with Crippen LogP contribution in [0.25, 0.3) is 0 Å². The lowest BCUT2D eigenvalue weighted by Crippen LogP contribution is -2.15. The molecular weight excluding hydrogens is 258 g/mol. The molecule has 2 rings (SSSR count). The summed E-state index contributed by atoms with van der Waals surface area (Å²) >= 11 is 0. The van der Waals surface area contributed by atoms with Crippen molar-refractivity contribution in [3.05, 3.63) is 64.7 Å². The molecule has 0 aliphatic heterocycles. The van der Waals surface area contributed by atoms with Gasteiger partial charge in [0.2, 0.25) is 0 Å². The number of hydrogen-bond acceptors (Lipinski definition) is 1. The number of hydrogen-bond donors (Lipinski definition) is 1. The van der Waals surface area contributed by atoms with E-state index in [0.717, 1.165) is 23.2 Å². The molecule has 21 heavy (non-hydrogen) atoms. The Balaban J connectivity index is 2.28. The fraction of sp³-hybridized carbons (Fsp3) is 0.316. The van der Waals surface area contributed by atoms with Crippen LogP contribution in [-0.2, 0) is 0 Å². The highest BCUT2D eigenvalue weighted by molar-refractivity contribution is 6.05. The molecule has 0 unspecified atom stereocenters. The van der Waals surface area contributed by atoms with Crippen molar-refractivity contribution >= 4 is 11.6 Å². The molecule has 2 nitrogen and oxygen atoms in total. The summed E-state index contributed by atoms with van der Waals surface area (Å²) in [5, 5.41) is 3.06. The maximum atomic E-state index is 12.5. The number of carbonyl (C=O) groups is 1. The Bertz CT molecular complexity index is 646. The minimum atomic E-state index is -0.0387. The first-order chi connectivity index (χ1) is 10.0. The molecule has 1 N–H and O–H groups in total. The van der Waals surface area contributed by atoms with Gasteiger partial charge in [0.25, 0.3) is 5.91 Å². The van der Waals surface area contributed by atoms with Gasteiger partial charge in [-0.25, -0.2) is 0 Å². The van der Waals surface area contributed by atoms with Gasteiger partial charge in [-0.2, -0.15) is 0 Å². The van der Waals surface area contributed by atoms with Crippen molar-refractivity contribution in [2.24, 2.45) is 0 Å². The van der Waals surface area contributed by atoms with E-state index in [0.29, 0.717) is 5.92 Å². The van der Waals surface area contributed by atoms with Crippen LogP contribution in [0.15, 0.2) is 42.5 Å². The van der Waals surface area contributed by atoms with Gasteiger partial charge >= 0.3 is 0 Å². The predicted molar refractivity (Wildman–Crippen MR) is 89.0 cm³/mol. The van der Waals surface area contributed by atoms with Crippen molar-refractivity contribution < 1.29 is 4.79 Å². The number of benzene rings is 2. The van der Waals surface area contributed by atoms with Crippen LogP contribution in [0.4, 0.5) is 5.69 Å². The van der Waals surface area contributed by atoms with Crippen molar-refractivity contribution in [2.45, 2.75) is 40.0 Å². The zero-order chi connectivity index (χ0) is 15.4. The Hall–Kier alpha value is -2.09. The van der Waals surface area contributed by atoms with Crippen molar-refractivity contribution in [3.8, 4) is 0 Å². The number of aryl methyl sites for hydroxylation is 2. The Morgan fingerprint density at radius 1 is 1.14 bits per heavy atom. The summed E-state index contributed by atoms with van der Waals surface area (Å²) in [5.41, 5.74) is 5.02. The van der Waals surface area contributed by atoms with Crippen molar-refractivity contribution in [2.75, 3.05) is 5.32 Å². The first kappa shape index (κ1) is 15.3. The summed E-state index contributed by atoms with van der Waals surface area (Å²) in [6, 6.07) is 14.0. The molecule has 110 valence electrons. The lowest BCUT2D eigenvalue weighted by molar-refractivity contribution is 0.102. The van der Waals surface area contributed by atoms with Crippen molar-refractivity contribution in [1.29, 1.82) is 0 Å². The molecule has 0 aliphatic carbocycles. The van der Waals surface area contributed by atoms with Crippen LogP contribution in [0.5, 0.6) is 0 Å². The molecule has 1 amide bonds. The smallest absolute Gasteiger partial charge is 0.255 e. The van der Waals surface area contributed by atoms with Crippen LogP contribution in [0.1, 0.15) is 53.2 Å². The van der Waals surface area contributed by atoms with Gasteiger partial charge in [0.1, 0.15) is 0 Å². The third-order valence-corrected chi connectivity index (χ3v) is 3.98. The predicted octanol–water partition coefficient (Wildman–Crippen LogP) is 5.07. The first-order valence-corrected chi connectivity index (χ1v) is 7.50. The minimum absolute atomic E-state index is 0.0387. The number of amides is 1. The molecule has 2 aromatic carbocycles. The third kappa shape index (κ3) is 3.52. The Morgan fingerprint density at radius 2 is 1.86 bits per heavy atom. The Labute approximate surface area is 127 Å². The van der Waals surface area contributed by atoms with E-state index < -0.39 is 0 Å². The summed E-state index contributed by atoms with van der Waals surface area (Å²) < 4.78 is 0. The summed E-state index contributed by atoms with van der Waals surface area (Å²) in [7, 11) is 0. The van der Waals surface area contributed by atoms with Crippen LogP contribution in [0.2, 0.25) is 0 Å². The highest BCUT2D eigenvalue weighted by Gasteiger charge is 2.13. The standard InChI is InChI=1S/C19H23NO/c1-5-14(3)16-8-6-7-9-18(16)20-19(21)17-11-10-13(2)12-15(17)4/h6-12,14H,5H2,1-4H3,(H,20,21)/t14-/m1/s1. The fourth-order valence-corrected chi connectivity index (χ4v) is 2.52. The van der Waals surface area contributed by atoms with E-state index in [1.165, 1.54) is 11.1 Å². The average molecular weight is 281 g/mol. The van der Waals surface area contributed by atoms with Gasteiger partial charge in [-0.3, -0.25) is 4.79 Å². The summed E-state index contributed by atoms with van der Waals surface area (Å²) in [4.78, 5) is 12.5. The van der Waals surface area contributed by atoms with E-state index in [1.807, 2.05) is 50.2 Å².